The molecule has 25 heavy (non-hydrogen) atoms. The molecule has 2 amide bonds. The topological polar surface area (TPSA) is 67.4 Å². The van der Waals surface area contributed by atoms with E-state index in [2.05, 4.69) is 10.6 Å². The molecule has 0 saturated carbocycles. The Balaban J connectivity index is 1.63. The number of nitrogens with one attached hydrogen (secondary N) is 2. The standard InChI is InChI=1S/C19H19FN2O3/c1-25-11-12-3-2-4-15(9-12)21-18(23)19(24)22-17-8-6-13-5-7-14(20)10-16(13)17/h2-5,7,9-10,17H,6,8,11H2,1H3,(H,21,23)(H,22,24)/t17-/m0/s1. The summed E-state index contributed by atoms with van der Waals surface area (Å²) in [6.07, 6.45) is 1.41. The SMILES string of the molecule is COCc1cccc(NC(=O)C(=O)N[C@H]2CCc3ccc(F)cc32)c1. The van der Waals surface area contributed by atoms with E-state index in [1.54, 1.807) is 31.4 Å². The second kappa shape index (κ2) is 7.44. The molecule has 1 atom stereocenters. The predicted octanol–water partition coefficient (Wildman–Crippen LogP) is 2.71. The van der Waals surface area contributed by atoms with Gasteiger partial charge in [0.15, 0.2) is 0 Å². The predicted molar refractivity (Wildman–Crippen MR) is 91.4 cm³/mol. The molecule has 0 aromatic heterocycles. The van der Waals surface area contributed by atoms with Crippen LogP contribution in [-0.4, -0.2) is 18.9 Å². The number of hydrogen-bond acceptors (Lipinski definition) is 3. The summed E-state index contributed by atoms with van der Waals surface area (Å²) in [6.45, 7) is 0.417. The molecule has 3 rings (SSSR count). The molecule has 0 bridgehead atoms. The summed E-state index contributed by atoms with van der Waals surface area (Å²) in [5.41, 5.74) is 3.15. The van der Waals surface area contributed by atoms with Gasteiger partial charge in [0.25, 0.3) is 0 Å². The number of anilines is 1. The van der Waals surface area contributed by atoms with E-state index >= 15 is 0 Å². The summed E-state index contributed by atoms with van der Waals surface area (Å²) in [5, 5.41) is 5.25. The molecule has 0 heterocycles. The largest absolute Gasteiger partial charge is 0.380 e. The molecule has 2 aromatic carbocycles. The van der Waals surface area contributed by atoms with E-state index in [1.165, 1.54) is 12.1 Å². The fourth-order valence-corrected chi connectivity index (χ4v) is 3.04. The van der Waals surface area contributed by atoms with E-state index in [0.717, 1.165) is 23.1 Å². The van der Waals surface area contributed by atoms with Gasteiger partial charge in [-0.2, -0.15) is 0 Å². The number of fused-ring (bicyclic) bond motifs is 1. The Hall–Kier alpha value is -2.73. The molecule has 0 radical (unpaired) electrons. The number of halogens is 1. The first-order valence-electron chi connectivity index (χ1n) is 8.05. The van der Waals surface area contributed by atoms with Crippen LogP contribution < -0.4 is 10.6 Å². The highest BCUT2D eigenvalue weighted by molar-refractivity contribution is 6.39. The van der Waals surface area contributed by atoms with Gasteiger partial charge in [0.2, 0.25) is 0 Å². The van der Waals surface area contributed by atoms with Crippen LogP contribution in [0.2, 0.25) is 0 Å². The van der Waals surface area contributed by atoms with Crippen molar-refractivity contribution in [3.63, 3.8) is 0 Å². The molecule has 0 aliphatic heterocycles. The Morgan fingerprint density at radius 3 is 2.84 bits per heavy atom. The number of methoxy groups -OCH3 is 1. The Morgan fingerprint density at radius 2 is 2.04 bits per heavy atom. The Kier molecular flexibility index (Phi) is 5.09. The van der Waals surface area contributed by atoms with Gasteiger partial charge in [-0.3, -0.25) is 9.59 Å². The highest BCUT2D eigenvalue weighted by Crippen LogP contribution is 2.31. The van der Waals surface area contributed by atoms with Crippen LogP contribution in [0.5, 0.6) is 0 Å². The summed E-state index contributed by atoms with van der Waals surface area (Å²) in [5.74, 6) is -1.84. The first-order chi connectivity index (χ1) is 12.1. The van der Waals surface area contributed by atoms with E-state index in [0.29, 0.717) is 18.7 Å². The normalized spacial score (nSPS) is 15.5. The fourth-order valence-electron chi connectivity index (χ4n) is 3.04. The van der Waals surface area contributed by atoms with Crippen LogP contribution >= 0.6 is 0 Å². The van der Waals surface area contributed by atoms with E-state index < -0.39 is 11.8 Å². The molecule has 130 valence electrons. The summed E-state index contributed by atoms with van der Waals surface area (Å²) in [6, 6.07) is 11.3. The van der Waals surface area contributed by atoms with Gasteiger partial charge in [0.05, 0.1) is 12.6 Å². The van der Waals surface area contributed by atoms with Gasteiger partial charge in [-0.15, -0.1) is 0 Å². The summed E-state index contributed by atoms with van der Waals surface area (Å²) in [7, 11) is 1.58. The third-order valence-electron chi connectivity index (χ3n) is 4.19. The lowest BCUT2D eigenvalue weighted by Crippen LogP contribution is -2.37. The molecule has 0 saturated heterocycles. The quantitative estimate of drug-likeness (QED) is 0.840. The van der Waals surface area contributed by atoms with Crippen molar-refractivity contribution in [3.05, 3.63) is 65.0 Å². The number of carbonyl (C=O) groups excluding carboxylic acids is 2. The number of aryl methyl sites for hydroxylation is 1. The molecule has 0 spiro atoms. The van der Waals surface area contributed by atoms with Gasteiger partial charge in [-0.25, -0.2) is 4.39 Å². The number of benzene rings is 2. The second-order valence-electron chi connectivity index (χ2n) is 6.00. The fraction of sp³-hybridized carbons (Fsp3) is 0.263. The van der Waals surface area contributed by atoms with E-state index in [4.69, 9.17) is 4.74 Å². The van der Waals surface area contributed by atoms with Crippen molar-refractivity contribution in [2.75, 3.05) is 12.4 Å². The molecule has 5 nitrogen and oxygen atoms in total. The second-order valence-corrected chi connectivity index (χ2v) is 6.00. The van der Waals surface area contributed by atoms with E-state index in [1.807, 2.05) is 6.07 Å². The van der Waals surface area contributed by atoms with Crippen LogP contribution in [0.25, 0.3) is 0 Å². The van der Waals surface area contributed by atoms with Crippen molar-refractivity contribution in [2.24, 2.45) is 0 Å². The highest BCUT2D eigenvalue weighted by atomic mass is 19.1. The van der Waals surface area contributed by atoms with Crippen LogP contribution in [-0.2, 0) is 27.4 Å². The van der Waals surface area contributed by atoms with E-state index in [-0.39, 0.29) is 11.9 Å². The zero-order valence-corrected chi connectivity index (χ0v) is 13.8. The average Bonchev–Trinajstić information content (AvgIpc) is 2.97. The van der Waals surface area contributed by atoms with Crippen LogP contribution in [0.4, 0.5) is 10.1 Å². The van der Waals surface area contributed by atoms with Crippen molar-refractivity contribution in [3.8, 4) is 0 Å². The Bertz CT molecular complexity index is 807. The minimum Gasteiger partial charge on any atom is -0.380 e. The molecule has 1 aliphatic carbocycles. The van der Waals surface area contributed by atoms with Crippen LogP contribution in [0.1, 0.15) is 29.2 Å². The number of hydrogen-bond donors (Lipinski definition) is 2. The van der Waals surface area contributed by atoms with Gasteiger partial charge < -0.3 is 15.4 Å². The number of ether oxygens (including phenoxy) is 1. The zero-order chi connectivity index (χ0) is 17.8. The Labute approximate surface area is 145 Å². The van der Waals surface area contributed by atoms with Crippen molar-refractivity contribution >= 4 is 17.5 Å². The van der Waals surface area contributed by atoms with Gasteiger partial charge in [-0.05, 0) is 53.8 Å². The average molecular weight is 342 g/mol. The summed E-state index contributed by atoms with van der Waals surface area (Å²) < 4.78 is 18.5. The maximum Gasteiger partial charge on any atom is 0.313 e. The van der Waals surface area contributed by atoms with Crippen molar-refractivity contribution < 1.29 is 18.7 Å². The van der Waals surface area contributed by atoms with Gasteiger partial charge in [0, 0.05) is 12.8 Å². The van der Waals surface area contributed by atoms with E-state index in [9.17, 15) is 14.0 Å². The highest BCUT2D eigenvalue weighted by Gasteiger charge is 2.26. The van der Waals surface area contributed by atoms with Crippen LogP contribution in [0.3, 0.4) is 0 Å². The summed E-state index contributed by atoms with van der Waals surface area (Å²) in [4.78, 5) is 24.3. The zero-order valence-electron chi connectivity index (χ0n) is 13.8. The number of amides is 2. The molecule has 2 aromatic rings. The van der Waals surface area contributed by atoms with Crippen molar-refractivity contribution in [1.82, 2.24) is 5.32 Å². The minimum atomic E-state index is -0.751. The Morgan fingerprint density at radius 1 is 1.20 bits per heavy atom. The molecule has 6 heteroatoms. The minimum absolute atomic E-state index is 0.344. The van der Waals surface area contributed by atoms with Crippen molar-refractivity contribution in [2.45, 2.75) is 25.5 Å². The van der Waals surface area contributed by atoms with Crippen LogP contribution in [0, 0.1) is 5.82 Å². The smallest absolute Gasteiger partial charge is 0.313 e. The molecule has 1 aliphatic rings. The molecule has 0 unspecified atom stereocenters. The van der Waals surface area contributed by atoms with Crippen molar-refractivity contribution in [1.29, 1.82) is 0 Å². The maximum absolute atomic E-state index is 13.4. The van der Waals surface area contributed by atoms with Gasteiger partial charge >= 0.3 is 11.8 Å². The lowest BCUT2D eigenvalue weighted by Gasteiger charge is -2.14. The molecular formula is C19H19FN2O3. The number of rotatable bonds is 4. The third-order valence-corrected chi connectivity index (χ3v) is 4.19. The lowest BCUT2D eigenvalue weighted by molar-refractivity contribution is -0.136. The van der Waals surface area contributed by atoms with Crippen LogP contribution in [0.15, 0.2) is 42.5 Å². The molecular weight excluding hydrogens is 323 g/mol. The summed E-state index contributed by atoms with van der Waals surface area (Å²) >= 11 is 0. The molecule has 2 N–H and O–H groups in total. The van der Waals surface area contributed by atoms with Gasteiger partial charge in [0.1, 0.15) is 5.82 Å². The third kappa shape index (κ3) is 4.03. The first-order valence-corrected chi connectivity index (χ1v) is 8.05. The van der Waals surface area contributed by atoms with Gasteiger partial charge in [-0.1, -0.05) is 18.2 Å². The first kappa shape index (κ1) is 17.1. The maximum atomic E-state index is 13.4. The number of carbonyl (C=O) groups is 2. The monoisotopic (exact) mass is 342 g/mol. The lowest BCUT2D eigenvalue weighted by atomic mass is 10.1. The molecule has 0 fully saturated rings.